The summed E-state index contributed by atoms with van der Waals surface area (Å²) in [5, 5.41) is 8.20. The van der Waals surface area contributed by atoms with Gasteiger partial charge in [0.25, 0.3) is 5.91 Å². The fourth-order valence-corrected chi connectivity index (χ4v) is 3.49. The van der Waals surface area contributed by atoms with Crippen molar-refractivity contribution in [2.45, 2.75) is 33.2 Å². The SMILES string of the molecule is CCOc1ccc(Cl)cc1/C=N\NC(=O)[C@H](Cc1c[nH]c2ccccc12)NC(=O)OCC(C)C. The first kappa shape index (κ1) is 25.1. The number of amides is 2. The number of H-pyrrole nitrogens is 1. The lowest BCUT2D eigenvalue weighted by Gasteiger charge is -2.17. The Morgan fingerprint density at radius 1 is 1.21 bits per heavy atom. The third-order valence-electron chi connectivity index (χ3n) is 4.91. The molecule has 1 heterocycles. The van der Waals surface area contributed by atoms with Crippen molar-refractivity contribution in [1.82, 2.24) is 15.7 Å². The van der Waals surface area contributed by atoms with Crippen molar-refractivity contribution >= 4 is 40.7 Å². The number of hydrogen-bond acceptors (Lipinski definition) is 5. The maximum absolute atomic E-state index is 13.0. The third-order valence-corrected chi connectivity index (χ3v) is 5.14. The Balaban J connectivity index is 1.75. The molecular formula is C25H29ClN4O4. The van der Waals surface area contributed by atoms with Crippen LogP contribution in [-0.4, -0.2) is 42.5 Å². The number of fused-ring (bicyclic) bond motifs is 1. The molecule has 0 aliphatic carbocycles. The van der Waals surface area contributed by atoms with E-state index in [0.29, 0.717) is 22.9 Å². The number of nitrogens with one attached hydrogen (secondary N) is 3. The van der Waals surface area contributed by atoms with Gasteiger partial charge in [0.2, 0.25) is 0 Å². The molecule has 0 aliphatic rings. The molecule has 2 amide bonds. The molecule has 0 bridgehead atoms. The highest BCUT2D eigenvalue weighted by molar-refractivity contribution is 6.30. The van der Waals surface area contributed by atoms with Gasteiger partial charge in [0.1, 0.15) is 11.8 Å². The number of benzene rings is 2. The van der Waals surface area contributed by atoms with Crippen molar-refractivity contribution in [3.8, 4) is 5.75 Å². The monoisotopic (exact) mass is 484 g/mol. The van der Waals surface area contributed by atoms with Gasteiger partial charge in [-0.1, -0.05) is 43.6 Å². The van der Waals surface area contributed by atoms with Gasteiger partial charge in [-0.15, -0.1) is 0 Å². The summed E-state index contributed by atoms with van der Waals surface area (Å²) in [4.78, 5) is 28.5. The molecule has 0 unspecified atom stereocenters. The fourth-order valence-electron chi connectivity index (χ4n) is 3.31. The molecule has 2 aromatic carbocycles. The summed E-state index contributed by atoms with van der Waals surface area (Å²) in [5.41, 5.74) is 4.95. The summed E-state index contributed by atoms with van der Waals surface area (Å²) in [6.45, 7) is 6.47. The zero-order valence-electron chi connectivity index (χ0n) is 19.4. The summed E-state index contributed by atoms with van der Waals surface area (Å²) < 4.78 is 10.8. The summed E-state index contributed by atoms with van der Waals surface area (Å²) in [6, 6.07) is 12.0. The number of ether oxygens (including phenoxy) is 2. The number of carbonyl (C=O) groups excluding carboxylic acids is 2. The minimum atomic E-state index is -0.901. The molecule has 0 saturated heterocycles. The minimum absolute atomic E-state index is 0.175. The summed E-state index contributed by atoms with van der Waals surface area (Å²) in [5.74, 6) is 0.284. The number of carbonyl (C=O) groups is 2. The normalized spacial score (nSPS) is 12.1. The van der Waals surface area contributed by atoms with Crippen LogP contribution in [0.2, 0.25) is 5.02 Å². The van der Waals surface area contributed by atoms with E-state index in [0.717, 1.165) is 16.5 Å². The summed E-state index contributed by atoms with van der Waals surface area (Å²) in [7, 11) is 0. The van der Waals surface area contributed by atoms with Crippen molar-refractivity contribution in [2.24, 2.45) is 11.0 Å². The van der Waals surface area contributed by atoms with Gasteiger partial charge in [-0.05, 0) is 42.7 Å². The second-order valence-electron chi connectivity index (χ2n) is 8.10. The van der Waals surface area contributed by atoms with E-state index >= 15 is 0 Å². The lowest BCUT2D eigenvalue weighted by molar-refractivity contribution is -0.123. The molecule has 0 saturated carbocycles. The molecule has 8 nitrogen and oxygen atoms in total. The van der Waals surface area contributed by atoms with E-state index in [2.05, 4.69) is 20.8 Å². The molecule has 34 heavy (non-hydrogen) atoms. The molecule has 1 atom stereocenters. The molecule has 3 aromatic rings. The zero-order valence-corrected chi connectivity index (χ0v) is 20.2. The first-order chi connectivity index (χ1) is 16.4. The van der Waals surface area contributed by atoms with Crippen LogP contribution in [0.3, 0.4) is 0 Å². The number of hydrogen-bond donors (Lipinski definition) is 3. The molecule has 1 aromatic heterocycles. The Morgan fingerprint density at radius 3 is 2.76 bits per heavy atom. The predicted molar refractivity (Wildman–Crippen MR) is 133 cm³/mol. The van der Waals surface area contributed by atoms with Gasteiger partial charge in [-0.25, -0.2) is 10.2 Å². The van der Waals surface area contributed by atoms with Crippen LogP contribution in [0.1, 0.15) is 31.9 Å². The molecule has 0 fully saturated rings. The highest BCUT2D eigenvalue weighted by Gasteiger charge is 2.23. The minimum Gasteiger partial charge on any atom is -0.493 e. The molecular weight excluding hydrogens is 456 g/mol. The van der Waals surface area contributed by atoms with Crippen LogP contribution in [-0.2, 0) is 16.0 Å². The van der Waals surface area contributed by atoms with Gasteiger partial charge in [-0.2, -0.15) is 5.10 Å². The molecule has 0 aliphatic heterocycles. The second-order valence-corrected chi connectivity index (χ2v) is 8.54. The quantitative estimate of drug-likeness (QED) is 0.287. The van der Waals surface area contributed by atoms with Crippen molar-refractivity contribution in [3.63, 3.8) is 0 Å². The van der Waals surface area contributed by atoms with Crippen LogP contribution >= 0.6 is 11.6 Å². The number of para-hydroxylation sites is 1. The number of hydrazone groups is 1. The van der Waals surface area contributed by atoms with Crippen molar-refractivity contribution in [3.05, 3.63) is 64.8 Å². The fraction of sp³-hybridized carbons (Fsp3) is 0.320. The van der Waals surface area contributed by atoms with Gasteiger partial charge in [0, 0.05) is 34.1 Å². The average Bonchev–Trinajstić information content (AvgIpc) is 3.22. The molecule has 9 heteroatoms. The van der Waals surface area contributed by atoms with Crippen LogP contribution < -0.4 is 15.5 Å². The van der Waals surface area contributed by atoms with E-state index in [9.17, 15) is 9.59 Å². The van der Waals surface area contributed by atoms with Gasteiger partial charge < -0.3 is 19.8 Å². The van der Waals surface area contributed by atoms with Crippen molar-refractivity contribution in [2.75, 3.05) is 13.2 Å². The van der Waals surface area contributed by atoms with E-state index in [1.807, 2.05) is 51.2 Å². The Hall–Kier alpha value is -3.52. The first-order valence-electron chi connectivity index (χ1n) is 11.1. The molecule has 0 spiro atoms. The lowest BCUT2D eigenvalue weighted by Crippen LogP contribution is -2.47. The number of aromatic amines is 1. The summed E-state index contributed by atoms with van der Waals surface area (Å²) >= 11 is 6.08. The smallest absolute Gasteiger partial charge is 0.407 e. The standard InChI is InChI=1S/C25H29ClN4O4/c1-4-33-23-10-9-19(26)11-18(23)14-28-30-24(31)22(29-25(32)34-15-16(2)3)12-17-13-27-21-8-6-5-7-20(17)21/h5-11,13-14,16,22,27H,4,12,15H2,1-3H3,(H,29,32)(H,30,31)/b28-14-/t22-/m0/s1. The number of halogens is 1. The third kappa shape index (κ3) is 6.99. The largest absolute Gasteiger partial charge is 0.493 e. The number of rotatable bonds is 10. The van der Waals surface area contributed by atoms with E-state index < -0.39 is 18.0 Å². The Labute approximate surface area is 203 Å². The van der Waals surface area contributed by atoms with E-state index in [1.54, 1.807) is 18.2 Å². The van der Waals surface area contributed by atoms with Crippen molar-refractivity contribution in [1.29, 1.82) is 0 Å². The van der Waals surface area contributed by atoms with Crippen LogP contribution in [0.15, 0.2) is 53.8 Å². The topological polar surface area (TPSA) is 105 Å². The predicted octanol–water partition coefficient (Wildman–Crippen LogP) is 4.66. The summed E-state index contributed by atoms with van der Waals surface area (Å²) in [6.07, 6.45) is 2.87. The second kappa shape index (κ2) is 12.1. The van der Waals surface area contributed by atoms with Crippen LogP contribution in [0.25, 0.3) is 10.9 Å². The van der Waals surface area contributed by atoms with Crippen LogP contribution in [0.4, 0.5) is 4.79 Å². The average molecular weight is 485 g/mol. The van der Waals surface area contributed by atoms with Gasteiger partial charge in [-0.3, -0.25) is 4.79 Å². The molecule has 180 valence electrons. The highest BCUT2D eigenvalue weighted by atomic mass is 35.5. The van der Waals surface area contributed by atoms with E-state index in [4.69, 9.17) is 21.1 Å². The van der Waals surface area contributed by atoms with E-state index in [1.165, 1.54) is 6.21 Å². The van der Waals surface area contributed by atoms with Gasteiger partial charge >= 0.3 is 6.09 Å². The lowest BCUT2D eigenvalue weighted by atomic mass is 10.0. The molecule has 3 N–H and O–H groups in total. The molecule has 0 radical (unpaired) electrons. The van der Waals surface area contributed by atoms with Crippen LogP contribution in [0.5, 0.6) is 5.75 Å². The first-order valence-corrected chi connectivity index (χ1v) is 11.5. The Bertz CT molecular complexity index is 1160. The maximum Gasteiger partial charge on any atom is 0.407 e. The number of alkyl carbamates (subject to hydrolysis) is 1. The zero-order chi connectivity index (χ0) is 24.5. The van der Waals surface area contributed by atoms with Crippen molar-refractivity contribution < 1.29 is 19.1 Å². The Kier molecular flexibility index (Phi) is 8.93. The molecule has 3 rings (SSSR count). The van der Waals surface area contributed by atoms with Crippen LogP contribution in [0, 0.1) is 5.92 Å². The highest BCUT2D eigenvalue weighted by Crippen LogP contribution is 2.22. The van der Waals surface area contributed by atoms with E-state index in [-0.39, 0.29) is 18.9 Å². The number of nitrogens with zero attached hydrogens (tertiary/aromatic N) is 1. The van der Waals surface area contributed by atoms with Gasteiger partial charge in [0.05, 0.1) is 19.4 Å². The maximum atomic E-state index is 13.0. The number of aromatic nitrogens is 1. The Morgan fingerprint density at radius 2 is 2.00 bits per heavy atom. The van der Waals surface area contributed by atoms with Gasteiger partial charge in [0.15, 0.2) is 0 Å².